The van der Waals surface area contributed by atoms with Gasteiger partial charge >= 0.3 is 0 Å². The summed E-state index contributed by atoms with van der Waals surface area (Å²) >= 11 is 2.36. The van der Waals surface area contributed by atoms with Crippen molar-refractivity contribution in [2.24, 2.45) is 5.41 Å². The van der Waals surface area contributed by atoms with Gasteiger partial charge in [0, 0.05) is 9.61 Å². The lowest BCUT2D eigenvalue weighted by molar-refractivity contribution is 0.306. The predicted octanol–water partition coefficient (Wildman–Crippen LogP) is 4.64. The Kier molecular flexibility index (Phi) is 6.64. The summed E-state index contributed by atoms with van der Waals surface area (Å²) in [5.74, 6) is 0. The minimum absolute atomic E-state index is 0.384. The summed E-state index contributed by atoms with van der Waals surface area (Å²) < 4.78 is 1.31. The highest BCUT2D eigenvalue weighted by atomic mass is 127. The lowest BCUT2D eigenvalue weighted by Crippen LogP contribution is -2.35. The maximum Gasteiger partial charge on any atom is 0.0130 e. The molecule has 0 saturated carbocycles. The van der Waals surface area contributed by atoms with Crippen LogP contribution in [-0.4, -0.2) is 12.6 Å². The van der Waals surface area contributed by atoms with Gasteiger partial charge in [0.15, 0.2) is 0 Å². The molecule has 1 unspecified atom stereocenters. The highest BCUT2D eigenvalue weighted by Gasteiger charge is 2.18. The third-order valence-corrected chi connectivity index (χ3v) is 3.66. The minimum atomic E-state index is 0.384. The van der Waals surface area contributed by atoms with E-state index in [1.165, 1.54) is 22.0 Å². The standard InChI is InChI=1S/C16H26IN/c1-5-10-18-15(12-16(2,3)4)11-13-6-8-14(17)9-7-13/h6-9,15,18H,5,10-12H2,1-4H3. The second kappa shape index (κ2) is 7.49. The van der Waals surface area contributed by atoms with Crippen molar-refractivity contribution in [3.8, 4) is 0 Å². The van der Waals surface area contributed by atoms with Crippen LogP contribution in [0.25, 0.3) is 0 Å². The number of benzene rings is 1. The highest BCUT2D eigenvalue weighted by Crippen LogP contribution is 2.23. The largest absolute Gasteiger partial charge is 0.314 e. The average Bonchev–Trinajstić information content (AvgIpc) is 2.27. The Bertz CT molecular complexity index is 337. The molecule has 0 aliphatic heterocycles. The van der Waals surface area contributed by atoms with E-state index in [1.54, 1.807) is 0 Å². The molecule has 0 aliphatic rings. The number of hydrogen-bond donors (Lipinski definition) is 1. The highest BCUT2D eigenvalue weighted by molar-refractivity contribution is 14.1. The van der Waals surface area contributed by atoms with Crippen LogP contribution in [0.3, 0.4) is 0 Å². The topological polar surface area (TPSA) is 12.0 Å². The Morgan fingerprint density at radius 3 is 2.28 bits per heavy atom. The van der Waals surface area contributed by atoms with Gasteiger partial charge < -0.3 is 5.32 Å². The fourth-order valence-corrected chi connectivity index (χ4v) is 2.57. The lowest BCUT2D eigenvalue weighted by atomic mass is 9.86. The van der Waals surface area contributed by atoms with Gasteiger partial charge in [-0.2, -0.15) is 0 Å². The Morgan fingerprint density at radius 2 is 1.78 bits per heavy atom. The summed E-state index contributed by atoms with van der Waals surface area (Å²) in [5.41, 5.74) is 1.82. The molecule has 0 saturated heterocycles. The zero-order chi connectivity index (χ0) is 13.6. The monoisotopic (exact) mass is 359 g/mol. The first-order chi connectivity index (χ1) is 8.40. The lowest BCUT2D eigenvalue weighted by Gasteiger charge is -2.27. The molecule has 0 radical (unpaired) electrons. The van der Waals surface area contributed by atoms with E-state index < -0.39 is 0 Å². The second-order valence-corrected chi connectivity index (χ2v) is 7.49. The summed E-state index contributed by atoms with van der Waals surface area (Å²) in [6.45, 7) is 10.3. The van der Waals surface area contributed by atoms with Gasteiger partial charge in [-0.05, 0) is 71.5 Å². The third kappa shape index (κ3) is 6.74. The van der Waals surface area contributed by atoms with Gasteiger partial charge in [0.2, 0.25) is 0 Å². The minimum Gasteiger partial charge on any atom is -0.314 e. The molecule has 0 spiro atoms. The van der Waals surface area contributed by atoms with Crippen LogP contribution in [0, 0.1) is 8.99 Å². The molecule has 18 heavy (non-hydrogen) atoms. The van der Waals surface area contributed by atoms with E-state index in [9.17, 15) is 0 Å². The summed E-state index contributed by atoms with van der Waals surface area (Å²) in [7, 11) is 0. The molecule has 1 nitrogen and oxygen atoms in total. The van der Waals surface area contributed by atoms with E-state index in [4.69, 9.17) is 0 Å². The van der Waals surface area contributed by atoms with Crippen LogP contribution in [-0.2, 0) is 6.42 Å². The van der Waals surface area contributed by atoms with E-state index in [-0.39, 0.29) is 0 Å². The van der Waals surface area contributed by atoms with Gasteiger partial charge in [0.1, 0.15) is 0 Å². The molecule has 0 aromatic heterocycles. The summed E-state index contributed by atoms with van der Waals surface area (Å²) in [4.78, 5) is 0. The first-order valence-corrected chi connectivity index (χ1v) is 7.96. The maximum absolute atomic E-state index is 3.69. The first-order valence-electron chi connectivity index (χ1n) is 6.88. The molecule has 2 heteroatoms. The number of hydrogen-bond acceptors (Lipinski definition) is 1. The van der Waals surface area contributed by atoms with Gasteiger partial charge in [0.25, 0.3) is 0 Å². The van der Waals surface area contributed by atoms with Crippen molar-refractivity contribution in [1.82, 2.24) is 5.32 Å². The SMILES string of the molecule is CCCNC(Cc1ccc(I)cc1)CC(C)(C)C. The van der Waals surface area contributed by atoms with Gasteiger partial charge in [-0.3, -0.25) is 0 Å². The second-order valence-electron chi connectivity index (χ2n) is 6.25. The van der Waals surface area contributed by atoms with E-state index >= 15 is 0 Å². The van der Waals surface area contributed by atoms with E-state index in [0.29, 0.717) is 11.5 Å². The fraction of sp³-hybridized carbons (Fsp3) is 0.625. The van der Waals surface area contributed by atoms with E-state index in [0.717, 1.165) is 13.0 Å². The van der Waals surface area contributed by atoms with E-state index in [1.807, 2.05) is 0 Å². The van der Waals surface area contributed by atoms with Crippen molar-refractivity contribution >= 4 is 22.6 Å². The van der Waals surface area contributed by atoms with Crippen molar-refractivity contribution in [3.05, 3.63) is 33.4 Å². The molecule has 102 valence electrons. The molecule has 0 amide bonds. The molecule has 0 bridgehead atoms. The Morgan fingerprint density at radius 1 is 1.17 bits per heavy atom. The molecular formula is C16H26IN. The fourth-order valence-electron chi connectivity index (χ4n) is 2.21. The normalized spacial score (nSPS) is 13.6. The number of halogens is 1. The Hall–Kier alpha value is -0.0900. The van der Waals surface area contributed by atoms with Gasteiger partial charge in [-0.15, -0.1) is 0 Å². The molecular weight excluding hydrogens is 333 g/mol. The molecule has 1 N–H and O–H groups in total. The molecule has 1 aromatic carbocycles. The molecule has 0 fully saturated rings. The van der Waals surface area contributed by atoms with Crippen molar-refractivity contribution in [1.29, 1.82) is 0 Å². The molecule has 1 aromatic rings. The van der Waals surface area contributed by atoms with Crippen LogP contribution in [0.4, 0.5) is 0 Å². The van der Waals surface area contributed by atoms with Gasteiger partial charge in [-0.25, -0.2) is 0 Å². The Balaban J connectivity index is 2.62. The molecule has 1 rings (SSSR count). The first kappa shape index (κ1) is 16.0. The molecule has 1 atom stereocenters. The van der Waals surface area contributed by atoms with Crippen LogP contribution in [0.15, 0.2) is 24.3 Å². The summed E-state index contributed by atoms with van der Waals surface area (Å²) in [6.07, 6.45) is 3.56. The third-order valence-electron chi connectivity index (χ3n) is 2.94. The quantitative estimate of drug-likeness (QED) is 0.730. The molecule has 0 aliphatic carbocycles. The maximum atomic E-state index is 3.69. The zero-order valence-electron chi connectivity index (χ0n) is 12.1. The summed E-state index contributed by atoms with van der Waals surface area (Å²) in [6, 6.07) is 9.49. The van der Waals surface area contributed by atoms with Crippen LogP contribution in [0.1, 0.15) is 46.1 Å². The van der Waals surface area contributed by atoms with Gasteiger partial charge in [0.05, 0.1) is 0 Å². The smallest absolute Gasteiger partial charge is 0.0130 e. The summed E-state index contributed by atoms with van der Waals surface area (Å²) in [5, 5.41) is 3.69. The van der Waals surface area contributed by atoms with Crippen molar-refractivity contribution in [2.75, 3.05) is 6.54 Å². The van der Waals surface area contributed by atoms with Crippen molar-refractivity contribution in [2.45, 2.75) is 53.0 Å². The number of nitrogens with one attached hydrogen (secondary N) is 1. The van der Waals surface area contributed by atoms with Crippen molar-refractivity contribution < 1.29 is 0 Å². The zero-order valence-corrected chi connectivity index (χ0v) is 14.3. The average molecular weight is 359 g/mol. The van der Waals surface area contributed by atoms with Crippen LogP contribution in [0.2, 0.25) is 0 Å². The predicted molar refractivity (Wildman–Crippen MR) is 89.0 cm³/mol. The Labute approximate surface area is 126 Å². The number of rotatable bonds is 6. The van der Waals surface area contributed by atoms with Crippen LogP contribution in [0.5, 0.6) is 0 Å². The van der Waals surface area contributed by atoms with Crippen LogP contribution >= 0.6 is 22.6 Å². The van der Waals surface area contributed by atoms with Crippen LogP contribution < -0.4 is 5.32 Å². The van der Waals surface area contributed by atoms with E-state index in [2.05, 4.69) is 79.9 Å². The molecule has 0 heterocycles. The van der Waals surface area contributed by atoms with Crippen molar-refractivity contribution in [3.63, 3.8) is 0 Å². The van der Waals surface area contributed by atoms with Gasteiger partial charge in [-0.1, -0.05) is 39.8 Å².